The van der Waals surface area contributed by atoms with Gasteiger partial charge < -0.3 is 24.8 Å². The van der Waals surface area contributed by atoms with Gasteiger partial charge in [0.2, 0.25) is 0 Å². The number of hydrogen-bond donors (Lipinski definition) is 2. The molecule has 1 aromatic rings. The molecule has 0 aromatic heterocycles. The third-order valence-corrected chi connectivity index (χ3v) is 4.23. The second-order valence-corrected chi connectivity index (χ2v) is 6.05. The van der Waals surface area contributed by atoms with Crippen LogP contribution in [0.15, 0.2) is 23.2 Å². The van der Waals surface area contributed by atoms with Crippen molar-refractivity contribution in [3.8, 4) is 11.5 Å². The van der Waals surface area contributed by atoms with Crippen molar-refractivity contribution in [2.45, 2.75) is 19.8 Å². The molecule has 2 N–H and O–H groups in total. The van der Waals surface area contributed by atoms with Crippen LogP contribution in [0.5, 0.6) is 11.5 Å². The number of hydrogen-bond acceptors (Lipinski definition) is 4. The summed E-state index contributed by atoms with van der Waals surface area (Å²) in [5, 5.41) is 13.0. The molecule has 134 valence electrons. The molecule has 1 heterocycles. The van der Waals surface area contributed by atoms with E-state index >= 15 is 0 Å². The van der Waals surface area contributed by atoms with Crippen molar-refractivity contribution in [1.29, 1.82) is 0 Å². The van der Waals surface area contributed by atoms with Crippen LogP contribution in [-0.4, -0.2) is 63.0 Å². The van der Waals surface area contributed by atoms with E-state index in [1.54, 1.807) is 20.3 Å². The molecule has 0 spiro atoms. The molecule has 0 amide bonds. The Bertz CT molecular complexity index is 548. The maximum absolute atomic E-state index is 9.65. The van der Waals surface area contributed by atoms with Crippen molar-refractivity contribution >= 4 is 5.96 Å². The van der Waals surface area contributed by atoms with Crippen LogP contribution in [0.2, 0.25) is 0 Å². The number of ether oxygens (including phenoxy) is 2. The third-order valence-electron chi connectivity index (χ3n) is 4.23. The van der Waals surface area contributed by atoms with Crippen LogP contribution >= 0.6 is 0 Å². The minimum atomic E-state index is 0.166. The van der Waals surface area contributed by atoms with Gasteiger partial charge in [-0.1, -0.05) is 6.07 Å². The predicted octanol–water partition coefficient (Wildman–Crippen LogP) is 1.88. The van der Waals surface area contributed by atoms with Gasteiger partial charge in [-0.15, -0.1) is 0 Å². The average Bonchev–Trinajstić information content (AvgIpc) is 3.04. The first-order chi connectivity index (χ1) is 11.7. The van der Waals surface area contributed by atoms with E-state index < -0.39 is 0 Å². The number of methoxy groups -OCH3 is 2. The summed E-state index contributed by atoms with van der Waals surface area (Å²) in [4.78, 5) is 7.06. The molecule has 0 bridgehead atoms. The SMILES string of the molecule is CCNC(=NCCc1ccc(O)c(OC)c1)N1CCC(COC)C1. The van der Waals surface area contributed by atoms with Gasteiger partial charge in [0.05, 0.1) is 13.7 Å². The maximum atomic E-state index is 9.65. The van der Waals surface area contributed by atoms with Crippen LogP contribution in [0.4, 0.5) is 0 Å². The van der Waals surface area contributed by atoms with Gasteiger partial charge >= 0.3 is 0 Å². The van der Waals surface area contributed by atoms with Gasteiger partial charge in [0.1, 0.15) is 0 Å². The molecule has 1 aliphatic heterocycles. The number of rotatable bonds is 7. The van der Waals surface area contributed by atoms with Crippen LogP contribution in [0.1, 0.15) is 18.9 Å². The van der Waals surface area contributed by atoms with Crippen molar-refractivity contribution in [3.63, 3.8) is 0 Å². The summed E-state index contributed by atoms with van der Waals surface area (Å²) >= 11 is 0. The standard InChI is InChI=1S/C18H29N3O3/c1-4-19-18(21-10-8-15(12-21)13-23-2)20-9-7-14-5-6-16(22)17(11-14)24-3/h5-6,11,15,22H,4,7-10,12-13H2,1-3H3,(H,19,20). The van der Waals surface area contributed by atoms with E-state index in [1.807, 2.05) is 12.1 Å². The van der Waals surface area contributed by atoms with Gasteiger partial charge in [-0.3, -0.25) is 4.99 Å². The Morgan fingerprint density at radius 2 is 2.25 bits per heavy atom. The number of aliphatic imine (C=N–C) groups is 1. The van der Waals surface area contributed by atoms with Crippen molar-refractivity contribution in [2.75, 3.05) is 47.0 Å². The molecule has 1 saturated heterocycles. The highest BCUT2D eigenvalue weighted by Crippen LogP contribution is 2.26. The molecule has 2 rings (SSSR count). The lowest BCUT2D eigenvalue weighted by atomic mass is 10.1. The fourth-order valence-electron chi connectivity index (χ4n) is 2.99. The number of guanidine groups is 1. The van der Waals surface area contributed by atoms with Gasteiger partial charge in [0.25, 0.3) is 0 Å². The summed E-state index contributed by atoms with van der Waals surface area (Å²) in [6, 6.07) is 5.44. The molecule has 1 atom stereocenters. The molecule has 0 saturated carbocycles. The number of aromatic hydroxyl groups is 1. The van der Waals surface area contributed by atoms with E-state index in [-0.39, 0.29) is 5.75 Å². The highest BCUT2D eigenvalue weighted by molar-refractivity contribution is 5.80. The molecule has 0 radical (unpaired) electrons. The third kappa shape index (κ3) is 5.03. The van der Waals surface area contributed by atoms with Crippen LogP contribution in [0, 0.1) is 5.92 Å². The molecule has 6 heteroatoms. The van der Waals surface area contributed by atoms with Gasteiger partial charge in [-0.25, -0.2) is 0 Å². The molecular formula is C18H29N3O3. The highest BCUT2D eigenvalue weighted by Gasteiger charge is 2.24. The van der Waals surface area contributed by atoms with Gasteiger partial charge in [-0.05, 0) is 37.5 Å². The Hall–Kier alpha value is -1.95. The fraction of sp³-hybridized carbons (Fsp3) is 0.611. The smallest absolute Gasteiger partial charge is 0.193 e. The normalized spacial score (nSPS) is 18.0. The van der Waals surface area contributed by atoms with Crippen molar-refractivity contribution in [2.24, 2.45) is 10.9 Å². The molecule has 1 aromatic carbocycles. The summed E-state index contributed by atoms with van der Waals surface area (Å²) in [5.74, 6) is 2.23. The van der Waals surface area contributed by atoms with Crippen LogP contribution in [0.3, 0.4) is 0 Å². The highest BCUT2D eigenvalue weighted by atomic mass is 16.5. The average molecular weight is 335 g/mol. The molecule has 6 nitrogen and oxygen atoms in total. The van der Waals surface area contributed by atoms with Crippen molar-refractivity contribution in [1.82, 2.24) is 10.2 Å². The summed E-state index contributed by atoms with van der Waals surface area (Å²) in [6.07, 6.45) is 1.95. The lowest BCUT2D eigenvalue weighted by Gasteiger charge is -2.21. The summed E-state index contributed by atoms with van der Waals surface area (Å²) in [5.41, 5.74) is 1.10. The van der Waals surface area contributed by atoms with Crippen LogP contribution < -0.4 is 10.1 Å². The number of benzene rings is 1. The summed E-state index contributed by atoms with van der Waals surface area (Å²) in [7, 11) is 3.32. The molecule has 1 fully saturated rings. The number of phenols is 1. The molecular weight excluding hydrogens is 306 g/mol. The second-order valence-electron chi connectivity index (χ2n) is 6.05. The van der Waals surface area contributed by atoms with E-state index in [0.717, 1.165) is 50.6 Å². The fourth-order valence-corrected chi connectivity index (χ4v) is 2.99. The molecule has 24 heavy (non-hydrogen) atoms. The first-order valence-corrected chi connectivity index (χ1v) is 8.56. The van der Waals surface area contributed by atoms with Gasteiger partial charge in [0.15, 0.2) is 17.5 Å². The number of likely N-dealkylation sites (tertiary alicyclic amines) is 1. The number of nitrogens with zero attached hydrogens (tertiary/aromatic N) is 2. The van der Waals surface area contributed by atoms with E-state index in [1.165, 1.54) is 0 Å². The second kappa shape index (κ2) is 9.37. The minimum absolute atomic E-state index is 0.166. The van der Waals surface area contributed by atoms with E-state index in [9.17, 15) is 5.11 Å². The Balaban J connectivity index is 1.94. The Labute approximate surface area is 144 Å². The van der Waals surface area contributed by atoms with Crippen LogP contribution in [0.25, 0.3) is 0 Å². The monoisotopic (exact) mass is 335 g/mol. The summed E-state index contributed by atoms with van der Waals surface area (Å²) < 4.78 is 10.4. The Morgan fingerprint density at radius 1 is 1.42 bits per heavy atom. The quantitative estimate of drug-likeness (QED) is 0.588. The first kappa shape index (κ1) is 18.4. The first-order valence-electron chi connectivity index (χ1n) is 8.56. The van der Waals surface area contributed by atoms with Crippen molar-refractivity contribution < 1.29 is 14.6 Å². The largest absolute Gasteiger partial charge is 0.504 e. The molecule has 1 aliphatic rings. The zero-order valence-electron chi connectivity index (χ0n) is 14.9. The molecule has 1 unspecified atom stereocenters. The Morgan fingerprint density at radius 3 is 2.96 bits per heavy atom. The van der Waals surface area contributed by atoms with E-state index in [4.69, 9.17) is 14.5 Å². The lowest BCUT2D eigenvalue weighted by Crippen LogP contribution is -2.40. The van der Waals surface area contributed by atoms with Gasteiger partial charge in [0, 0.05) is 39.2 Å². The van der Waals surface area contributed by atoms with Crippen molar-refractivity contribution in [3.05, 3.63) is 23.8 Å². The zero-order valence-corrected chi connectivity index (χ0v) is 14.9. The van der Waals surface area contributed by atoms with Crippen LogP contribution in [-0.2, 0) is 11.2 Å². The van der Waals surface area contributed by atoms with E-state index in [2.05, 4.69) is 17.1 Å². The number of nitrogens with one attached hydrogen (secondary N) is 1. The predicted molar refractivity (Wildman–Crippen MR) is 95.9 cm³/mol. The Kier molecular flexibility index (Phi) is 7.18. The molecule has 0 aliphatic carbocycles. The zero-order chi connectivity index (χ0) is 17.4. The van der Waals surface area contributed by atoms with E-state index in [0.29, 0.717) is 18.2 Å². The maximum Gasteiger partial charge on any atom is 0.193 e. The lowest BCUT2D eigenvalue weighted by molar-refractivity contribution is 0.157. The summed E-state index contributed by atoms with van der Waals surface area (Å²) in [6.45, 7) is 6.46. The minimum Gasteiger partial charge on any atom is -0.504 e. The topological polar surface area (TPSA) is 66.3 Å². The number of phenolic OH excluding ortho intramolecular Hbond substituents is 1. The van der Waals surface area contributed by atoms with Gasteiger partial charge in [-0.2, -0.15) is 0 Å².